The fraction of sp³-hybridized carbons (Fsp3) is 0. The third kappa shape index (κ3) is 3.39. The Balaban J connectivity index is 1.26. The average molecular weight is 673 g/mol. The third-order valence-electron chi connectivity index (χ3n) is 11.7. The van der Waals surface area contributed by atoms with Crippen LogP contribution in [-0.2, 0) is 0 Å². The second kappa shape index (κ2) is 9.78. The Morgan fingerprint density at radius 1 is 0.377 bits per heavy atom. The second-order valence-corrected chi connectivity index (χ2v) is 14.4. The highest BCUT2D eigenvalue weighted by Crippen LogP contribution is 2.50. The van der Waals surface area contributed by atoms with Crippen molar-refractivity contribution in [1.29, 1.82) is 0 Å². The third-order valence-corrected chi connectivity index (χ3v) is 11.7. The molecule has 0 saturated heterocycles. The molecular formula is C49H28N4. The van der Waals surface area contributed by atoms with E-state index in [-0.39, 0.29) is 0 Å². The van der Waals surface area contributed by atoms with Crippen molar-refractivity contribution in [2.24, 2.45) is 0 Å². The zero-order valence-corrected chi connectivity index (χ0v) is 28.5. The number of benzene rings is 8. The predicted octanol–water partition coefficient (Wildman–Crippen LogP) is 13.2. The summed E-state index contributed by atoms with van der Waals surface area (Å²) < 4.78 is 4.94. The number of hydrogen-bond acceptors (Lipinski definition) is 2. The Labute approximate surface area is 302 Å². The van der Waals surface area contributed by atoms with Crippen LogP contribution in [0.3, 0.4) is 0 Å². The first-order valence-electron chi connectivity index (χ1n) is 18.2. The van der Waals surface area contributed by atoms with Crippen molar-refractivity contribution < 1.29 is 0 Å². The molecule has 8 aromatic carbocycles. The van der Waals surface area contributed by atoms with Gasteiger partial charge < -0.3 is 9.30 Å². The molecule has 0 fully saturated rings. The molecule has 0 unspecified atom stereocenters. The van der Waals surface area contributed by atoms with Crippen LogP contribution in [0.2, 0.25) is 0 Å². The molecule has 0 aliphatic heterocycles. The summed E-state index contributed by atoms with van der Waals surface area (Å²) in [5.74, 6) is 0. The minimum Gasteiger partial charge on any atom is -0.308 e. The molecule has 13 rings (SSSR count). The number of para-hydroxylation sites is 4. The van der Waals surface area contributed by atoms with Gasteiger partial charge in [0.15, 0.2) is 0 Å². The van der Waals surface area contributed by atoms with Crippen LogP contribution in [-0.4, -0.2) is 13.8 Å². The summed E-state index contributed by atoms with van der Waals surface area (Å²) in [7, 11) is 0. The quantitative estimate of drug-likeness (QED) is 0.187. The van der Waals surface area contributed by atoms with Crippen LogP contribution in [0.1, 0.15) is 0 Å². The molecule has 13 aromatic rings. The van der Waals surface area contributed by atoms with E-state index in [1.807, 2.05) is 0 Å². The van der Waals surface area contributed by atoms with Crippen LogP contribution in [0.5, 0.6) is 0 Å². The Kier molecular flexibility index (Phi) is 5.08. The highest BCUT2D eigenvalue weighted by molar-refractivity contribution is 6.39. The molecule has 0 N–H and O–H groups in total. The van der Waals surface area contributed by atoms with Crippen LogP contribution >= 0.6 is 0 Å². The predicted molar refractivity (Wildman–Crippen MR) is 223 cm³/mol. The van der Waals surface area contributed by atoms with Gasteiger partial charge in [-0.1, -0.05) is 115 Å². The van der Waals surface area contributed by atoms with Crippen molar-refractivity contribution in [3.05, 3.63) is 170 Å². The second-order valence-electron chi connectivity index (χ2n) is 14.4. The maximum atomic E-state index is 5.43. The first-order valence-corrected chi connectivity index (χ1v) is 18.2. The van der Waals surface area contributed by atoms with E-state index < -0.39 is 0 Å². The summed E-state index contributed by atoms with van der Waals surface area (Å²) in [4.78, 5) is 7.82. The molecule has 4 nitrogen and oxygen atoms in total. The van der Waals surface area contributed by atoms with Gasteiger partial charge in [-0.2, -0.15) is 0 Å². The summed E-state index contributed by atoms with van der Waals surface area (Å²) in [5, 5.41) is 15.0. The highest BCUT2D eigenvalue weighted by atomic mass is 15.2. The van der Waals surface area contributed by atoms with Crippen molar-refractivity contribution in [2.45, 2.75) is 0 Å². The van der Waals surface area contributed by atoms with Crippen LogP contribution < -0.4 is 4.90 Å². The molecule has 0 saturated carbocycles. The number of pyridine rings is 1. The van der Waals surface area contributed by atoms with Crippen molar-refractivity contribution in [2.75, 3.05) is 4.90 Å². The molecular weight excluding hydrogens is 645 g/mol. The van der Waals surface area contributed by atoms with Gasteiger partial charge >= 0.3 is 0 Å². The first kappa shape index (κ1) is 27.5. The summed E-state index contributed by atoms with van der Waals surface area (Å²) in [6, 6.07) is 59.7. The van der Waals surface area contributed by atoms with Crippen molar-refractivity contribution in [3.8, 4) is 0 Å². The topological polar surface area (TPSA) is 24.9 Å². The van der Waals surface area contributed by atoms with Gasteiger partial charge in [0.25, 0.3) is 0 Å². The minimum absolute atomic E-state index is 1.01. The van der Waals surface area contributed by atoms with Gasteiger partial charge in [0.05, 0.1) is 39.5 Å². The highest BCUT2D eigenvalue weighted by Gasteiger charge is 2.28. The van der Waals surface area contributed by atoms with Crippen molar-refractivity contribution in [3.63, 3.8) is 0 Å². The summed E-state index contributed by atoms with van der Waals surface area (Å²) in [6.07, 6.45) is 2.14. The molecule has 4 heteroatoms. The Bertz CT molecular complexity index is 3580. The molecule has 0 amide bonds. The van der Waals surface area contributed by atoms with Crippen molar-refractivity contribution in [1.82, 2.24) is 13.8 Å². The normalized spacial score (nSPS) is 12.5. The zero-order valence-electron chi connectivity index (χ0n) is 28.5. The van der Waals surface area contributed by atoms with E-state index in [9.17, 15) is 0 Å². The van der Waals surface area contributed by atoms with E-state index in [4.69, 9.17) is 4.98 Å². The molecule has 0 atom stereocenters. The SMILES string of the molecule is c1ccc(N(c2ccccc2)c2cccc3c4cc5ccccc5c5c6c7c8cccc9c%10cc%11ccccc%11cc%10n(c7ncc6n(c23)c45)c98)cc1. The number of aromatic nitrogens is 3. The van der Waals surface area contributed by atoms with E-state index >= 15 is 0 Å². The van der Waals surface area contributed by atoms with E-state index in [1.165, 1.54) is 86.7 Å². The molecule has 0 spiro atoms. The van der Waals surface area contributed by atoms with Crippen LogP contribution in [0.15, 0.2) is 170 Å². The fourth-order valence-electron chi connectivity index (χ4n) is 9.64. The minimum atomic E-state index is 1.01. The van der Waals surface area contributed by atoms with Gasteiger partial charge in [-0.05, 0) is 70.1 Å². The average Bonchev–Trinajstić information content (AvgIpc) is 3.94. The van der Waals surface area contributed by atoms with Gasteiger partial charge in [0, 0.05) is 54.5 Å². The molecule has 0 aliphatic rings. The Morgan fingerprint density at radius 2 is 0.981 bits per heavy atom. The number of nitrogens with zero attached hydrogens (tertiary/aromatic N) is 4. The molecule has 0 aliphatic carbocycles. The van der Waals surface area contributed by atoms with E-state index in [1.54, 1.807) is 0 Å². The maximum absolute atomic E-state index is 5.43. The lowest BCUT2D eigenvalue weighted by Crippen LogP contribution is -2.10. The standard InChI is InChI=1S/C49H28N4/c1-3-16-32(17-4-1)51(33-18-5-2-6-19-33)40-24-12-22-36-39-26-31-15-9-10-20-34(31)43-45-42(52(47(36)40)48(39)43)28-50-49-44(45)37-23-11-21-35-38-25-29-13-7-8-14-30(29)27-41(38)53(49)46(35)37/h1-28H. The Morgan fingerprint density at radius 3 is 1.75 bits per heavy atom. The van der Waals surface area contributed by atoms with Gasteiger partial charge in [0.1, 0.15) is 5.65 Å². The molecule has 244 valence electrons. The van der Waals surface area contributed by atoms with E-state index in [0.29, 0.717) is 0 Å². The summed E-state index contributed by atoms with van der Waals surface area (Å²) in [5.41, 5.74) is 10.4. The number of fused-ring (bicyclic) bond motifs is 16. The summed E-state index contributed by atoms with van der Waals surface area (Å²) in [6.45, 7) is 0. The zero-order chi connectivity index (χ0) is 34.4. The lowest BCUT2D eigenvalue weighted by molar-refractivity contribution is 1.25. The largest absolute Gasteiger partial charge is 0.308 e. The monoisotopic (exact) mass is 672 g/mol. The lowest BCUT2D eigenvalue weighted by Gasteiger charge is -2.26. The smallest absolute Gasteiger partial charge is 0.146 e. The van der Waals surface area contributed by atoms with E-state index in [0.717, 1.165) is 28.2 Å². The fourth-order valence-corrected chi connectivity index (χ4v) is 9.64. The van der Waals surface area contributed by atoms with Crippen LogP contribution in [0, 0.1) is 0 Å². The molecule has 0 bridgehead atoms. The number of anilines is 3. The first-order chi connectivity index (χ1) is 26.3. The molecule has 5 heterocycles. The molecule has 53 heavy (non-hydrogen) atoms. The number of rotatable bonds is 3. The van der Waals surface area contributed by atoms with Crippen LogP contribution in [0.25, 0.3) is 97.9 Å². The Hall–Kier alpha value is -7.17. The van der Waals surface area contributed by atoms with Crippen molar-refractivity contribution >= 4 is 115 Å². The van der Waals surface area contributed by atoms with E-state index in [2.05, 4.69) is 184 Å². The van der Waals surface area contributed by atoms with Gasteiger partial charge in [-0.25, -0.2) is 4.98 Å². The lowest BCUT2D eigenvalue weighted by atomic mass is 9.98. The van der Waals surface area contributed by atoms with Gasteiger partial charge in [-0.3, -0.25) is 4.40 Å². The molecule has 0 radical (unpaired) electrons. The maximum Gasteiger partial charge on any atom is 0.146 e. The summed E-state index contributed by atoms with van der Waals surface area (Å²) >= 11 is 0. The van der Waals surface area contributed by atoms with Crippen LogP contribution in [0.4, 0.5) is 17.1 Å². The number of hydrogen-bond donors (Lipinski definition) is 0. The molecule has 5 aromatic heterocycles. The van der Waals surface area contributed by atoms with Gasteiger partial charge in [0.2, 0.25) is 0 Å². The van der Waals surface area contributed by atoms with Gasteiger partial charge in [-0.15, -0.1) is 0 Å².